The number of nitrogens with one attached hydrogen (secondary N) is 1. The lowest BCUT2D eigenvalue weighted by Gasteiger charge is -2.31. The second-order valence-electron chi connectivity index (χ2n) is 5.65. The predicted octanol–water partition coefficient (Wildman–Crippen LogP) is 1.33. The first-order valence-corrected chi connectivity index (χ1v) is 9.87. The molecule has 1 fully saturated rings. The van der Waals surface area contributed by atoms with Crippen LogP contribution in [0.3, 0.4) is 0 Å². The van der Waals surface area contributed by atoms with E-state index < -0.39 is 0 Å². The highest BCUT2D eigenvalue weighted by Gasteiger charge is 2.29. The summed E-state index contributed by atoms with van der Waals surface area (Å²) in [5.74, 6) is 0.942. The molecule has 0 radical (unpaired) electrons. The monoisotopic (exact) mass is 372 g/mol. The smallest absolute Gasteiger partial charge is 0.224 e. The highest BCUT2D eigenvalue weighted by atomic mass is 32.2. The predicted molar refractivity (Wildman–Crippen MR) is 94.2 cm³/mol. The van der Waals surface area contributed by atoms with Gasteiger partial charge in [-0.15, -0.1) is 10.2 Å². The number of aromatic nitrogens is 2. The van der Waals surface area contributed by atoms with Crippen molar-refractivity contribution in [2.45, 2.75) is 30.5 Å². The van der Waals surface area contributed by atoms with Crippen LogP contribution < -0.4 is 5.32 Å². The third kappa shape index (κ3) is 6.03. The number of carbonyl (C=O) groups is 2. The fourth-order valence-electron chi connectivity index (χ4n) is 2.47. The molecule has 1 aromatic heterocycles. The maximum absolute atomic E-state index is 12.3. The topological polar surface area (TPSA) is 84.4 Å². The molecule has 1 saturated heterocycles. The summed E-state index contributed by atoms with van der Waals surface area (Å²) in [6.45, 7) is 4.13. The zero-order valence-electron chi connectivity index (χ0n) is 14.1. The number of methoxy groups -OCH3 is 1. The van der Waals surface area contributed by atoms with Crippen molar-refractivity contribution in [2.75, 3.05) is 39.1 Å². The molecule has 0 aliphatic carbocycles. The Hall–Kier alpha value is -1.19. The van der Waals surface area contributed by atoms with Gasteiger partial charge in [0.2, 0.25) is 11.8 Å². The maximum atomic E-state index is 12.3. The zero-order chi connectivity index (χ0) is 17.4. The minimum Gasteiger partial charge on any atom is -0.383 e. The summed E-state index contributed by atoms with van der Waals surface area (Å²) >= 11 is 3.25. The quantitative estimate of drug-likeness (QED) is 0.520. The summed E-state index contributed by atoms with van der Waals surface area (Å²) in [5.41, 5.74) is 0. The van der Waals surface area contributed by atoms with E-state index in [-0.39, 0.29) is 17.7 Å². The summed E-state index contributed by atoms with van der Waals surface area (Å²) in [5, 5.41) is 12.0. The standard InChI is InChI=1S/C15H24N4O3S2/c1-11-17-18-15(24-11)23-9-3-6-16-14(21)12-4-5-13(20)19(10-12)7-8-22-2/h12H,3-10H2,1-2H3,(H,16,21)/t12-/m0/s1. The first-order chi connectivity index (χ1) is 11.6. The molecule has 0 saturated carbocycles. The lowest BCUT2D eigenvalue weighted by Crippen LogP contribution is -2.46. The SMILES string of the molecule is COCCN1C[C@@H](C(=O)NCCCSc2nnc(C)s2)CCC1=O. The number of aryl methyl sites for hydroxylation is 1. The molecule has 7 nitrogen and oxygen atoms in total. The van der Waals surface area contributed by atoms with Crippen molar-refractivity contribution in [1.82, 2.24) is 20.4 Å². The second-order valence-corrected chi connectivity index (χ2v) is 8.17. The first kappa shape index (κ1) is 19.1. The van der Waals surface area contributed by atoms with Crippen molar-refractivity contribution >= 4 is 34.9 Å². The van der Waals surface area contributed by atoms with E-state index >= 15 is 0 Å². The molecule has 2 amide bonds. The van der Waals surface area contributed by atoms with E-state index in [2.05, 4.69) is 15.5 Å². The van der Waals surface area contributed by atoms with E-state index in [0.717, 1.165) is 21.5 Å². The van der Waals surface area contributed by atoms with E-state index in [1.807, 2.05) is 6.92 Å². The van der Waals surface area contributed by atoms with Crippen LogP contribution in [0, 0.1) is 12.8 Å². The van der Waals surface area contributed by atoms with Gasteiger partial charge in [-0.3, -0.25) is 9.59 Å². The third-order valence-electron chi connectivity index (χ3n) is 3.79. The number of ether oxygens (including phenoxy) is 1. The van der Waals surface area contributed by atoms with Crippen molar-refractivity contribution in [3.05, 3.63) is 5.01 Å². The minimum atomic E-state index is -0.113. The number of piperidine rings is 1. The van der Waals surface area contributed by atoms with Crippen LogP contribution in [0.4, 0.5) is 0 Å². The summed E-state index contributed by atoms with van der Waals surface area (Å²) in [4.78, 5) is 25.8. The van der Waals surface area contributed by atoms with Crippen molar-refractivity contribution in [1.29, 1.82) is 0 Å². The van der Waals surface area contributed by atoms with Crippen LogP contribution in [-0.2, 0) is 14.3 Å². The van der Waals surface area contributed by atoms with Gasteiger partial charge in [0.05, 0.1) is 12.5 Å². The summed E-state index contributed by atoms with van der Waals surface area (Å²) < 4.78 is 5.98. The molecule has 2 rings (SSSR count). The molecule has 2 heterocycles. The van der Waals surface area contributed by atoms with Crippen molar-refractivity contribution in [2.24, 2.45) is 5.92 Å². The van der Waals surface area contributed by atoms with Crippen LogP contribution in [-0.4, -0.2) is 66.0 Å². The maximum Gasteiger partial charge on any atom is 0.224 e. The Bertz CT molecular complexity index is 553. The lowest BCUT2D eigenvalue weighted by molar-refractivity contribution is -0.138. The van der Waals surface area contributed by atoms with Crippen LogP contribution in [0.2, 0.25) is 0 Å². The van der Waals surface area contributed by atoms with Crippen LogP contribution in [0.1, 0.15) is 24.3 Å². The molecular weight excluding hydrogens is 348 g/mol. The summed E-state index contributed by atoms with van der Waals surface area (Å²) in [6.07, 6.45) is 1.95. The number of amides is 2. The molecule has 24 heavy (non-hydrogen) atoms. The van der Waals surface area contributed by atoms with Crippen molar-refractivity contribution < 1.29 is 14.3 Å². The van der Waals surface area contributed by atoms with E-state index in [1.54, 1.807) is 35.1 Å². The number of likely N-dealkylation sites (tertiary alicyclic amines) is 1. The van der Waals surface area contributed by atoms with Gasteiger partial charge in [-0.25, -0.2) is 0 Å². The molecular formula is C15H24N4O3S2. The summed E-state index contributed by atoms with van der Waals surface area (Å²) in [7, 11) is 1.61. The van der Waals surface area contributed by atoms with E-state index in [0.29, 0.717) is 39.1 Å². The van der Waals surface area contributed by atoms with Gasteiger partial charge < -0.3 is 15.0 Å². The van der Waals surface area contributed by atoms with Crippen molar-refractivity contribution in [3.8, 4) is 0 Å². The third-order valence-corrected chi connectivity index (χ3v) is 5.85. The van der Waals surface area contributed by atoms with Gasteiger partial charge in [0.1, 0.15) is 5.01 Å². The van der Waals surface area contributed by atoms with Gasteiger partial charge in [0.25, 0.3) is 0 Å². The minimum absolute atomic E-state index is 0.0432. The molecule has 1 N–H and O–H groups in total. The fraction of sp³-hybridized carbons (Fsp3) is 0.733. The summed E-state index contributed by atoms with van der Waals surface area (Å²) in [6, 6.07) is 0. The molecule has 0 spiro atoms. The van der Waals surface area contributed by atoms with Crippen molar-refractivity contribution in [3.63, 3.8) is 0 Å². The number of thioether (sulfide) groups is 1. The normalized spacial score (nSPS) is 18.0. The number of rotatable bonds is 9. The molecule has 1 aromatic rings. The van der Waals surface area contributed by atoms with Crippen LogP contribution >= 0.6 is 23.1 Å². The molecule has 1 aliphatic heterocycles. The number of hydrogen-bond acceptors (Lipinski definition) is 7. The van der Waals surface area contributed by atoms with Gasteiger partial charge in [-0.2, -0.15) is 0 Å². The van der Waals surface area contributed by atoms with Crippen LogP contribution in [0.5, 0.6) is 0 Å². The molecule has 9 heteroatoms. The zero-order valence-corrected chi connectivity index (χ0v) is 15.8. The number of nitrogens with zero attached hydrogens (tertiary/aromatic N) is 3. The van der Waals surface area contributed by atoms with E-state index in [9.17, 15) is 9.59 Å². The Kier molecular flexibility index (Phi) is 7.93. The average molecular weight is 373 g/mol. The number of hydrogen-bond donors (Lipinski definition) is 1. The Labute approximate surface area is 150 Å². The molecule has 1 aliphatic rings. The largest absolute Gasteiger partial charge is 0.383 e. The van der Waals surface area contributed by atoms with E-state index in [4.69, 9.17) is 4.74 Å². The van der Waals surface area contributed by atoms with E-state index in [1.165, 1.54) is 0 Å². The fourth-order valence-corrected chi connectivity index (χ4v) is 4.30. The average Bonchev–Trinajstić information content (AvgIpc) is 2.99. The lowest BCUT2D eigenvalue weighted by atomic mass is 9.96. The van der Waals surface area contributed by atoms with Crippen LogP contribution in [0.15, 0.2) is 4.34 Å². The van der Waals surface area contributed by atoms with Gasteiger partial charge >= 0.3 is 0 Å². The molecule has 1 atom stereocenters. The Morgan fingerprint density at radius 1 is 1.50 bits per heavy atom. The Balaban J connectivity index is 1.63. The number of carbonyl (C=O) groups excluding carboxylic acids is 2. The highest BCUT2D eigenvalue weighted by Crippen LogP contribution is 2.22. The second kappa shape index (κ2) is 9.95. The first-order valence-electron chi connectivity index (χ1n) is 8.07. The highest BCUT2D eigenvalue weighted by molar-refractivity contribution is 8.01. The van der Waals surface area contributed by atoms with Gasteiger partial charge in [-0.1, -0.05) is 23.1 Å². The molecule has 134 valence electrons. The molecule has 0 bridgehead atoms. The van der Waals surface area contributed by atoms with Gasteiger partial charge in [-0.05, 0) is 19.8 Å². The Morgan fingerprint density at radius 2 is 2.33 bits per heavy atom. The van der Waals surface area contributed by atoms with Crippen LogP contribution in [0.25, 0.3) is 0 Å². The Morgan fingerprint density at radius 3 is 3.04 bits per heavy atom. The molecule has 0 unspecified atom stereocenters. The molecule has 0 aromatic carbocycles. The van der Waals surface area contributed by atoms with Gasteiger partial charge in [0.15, 0.2) is 4.34 Å². The van der Waals surface area contributed by atoms with Gasteiger partial charge in [0, 0.05) is 38.9 Å².